The average Bonchev–Trinajstić information content (AvgIpc) is 2.74. The summed E-state index contributed by atoms with van der Waals surface area (Å²) in [5, 5.41) is 1.76. The number of hydrogen-bond donors (Lipinski definition) is 0. The van der Waals surface area contributed by atoms with Gasteiger partial charge in [-0.05, 0) is 96.5 Å². The predicted molar refractivity (Wildman–Crippen MR) is 117 cm³/mol. The molecule has 0 saturated heterocycles. The van der Waals surface area contributed by atoms with E-state index in [1.54, 1.807) is 18.2 Å². The molecular weight excluding hydrogens is 381 g/mol. The molecule has 158 valence electrons. The topological polar surface area (TPSA) is 0 Å². The highest BCUT2D eigenvalue weighted by Crippen LogP contribution is 2.38. The molecule has 1 aliphatic carbocycles. The Morgan fingerprint density at radius 1 is 0.767 bits per heavy atom. The van der Waals surface area contributed by atoms with Gasteiger partial charge in [0.2, 0.25) is 0 Å². The van der Waals surface area contributed by atoms with E-state index in [0.29, 0.717) is 12.8 Å². The summed E-state index contributed by atoms with van der Waals surface area (Å²) in [6, 6.07) is 13.5. The van der Waals surface area contributed by atoms with Gasteiger partial charge in [0.05, 0.1) is 0 Å². The number of halogens is 3. The van der Waals surface area contributed by atoms with E-state index in [2.05, 4.69) is 6.92 Å². The minimum Gasteiger partial charge on any atom is -0.207 e. The zero-order valence-electron chi connectivity index (χ0n) is 17.6. The van der Waals surface area contributed by atoms with Crippen molar-refractivity contribution in [1.29, 1.82) is 0 Å². The molecule has 1 aliphatic rings. The predicted octanol–water partition coefficient (Wildman–Crippen LogP) is 8.12. The summed E-state index contributed by atoms with van der Waals surface area (Å²) in [6.45, 7) is 2.22. The first kappa shape index (κ1) is 21.0. The van der Waals surface area contributed by atoms with Crippen molar-refractivity contribution in [3.63, 3.8) is 0 Å². The number of benzene rings is 3. The maximum atomic E-state index is 14.8. The van der Waals surface area contributed by atoms with Crippen molar-refractivity contribution < 1.29 is 13.2 Å². The van der Waals surface area contributed by atoms with Crippen LogP contribution in [-0.4, -0.2) is 0 Å². The largest absolute Gasteiger partial charge is 0.207 e. The molecule has 0 aliphatic heterocycles. The van der Waals surface area contributed by atoms with Crippen LogP contribution in [0.25, 0.3) is 10.8 Å². The van der Waals surface area contributed by atoms with Gasteiger partial charge in [0.25, 0.3) is 0 Å². The van der Waals surface area contributed by atoms with Crippen LogP contribution in [0.15, 0.2) is 48.5 Å². The van der Waals surface area contributed by atoms with Gasteiger partial charge in [0.1, 0.15) is 17.5 Å². The van der Waals surface area contributed by atoms with Gasteiger partial charge in [-0.3, -0.25) is 0 Å². The van der Waals surface area contributed by atoms with Crippen molar-refractivity contribution in [1.82, 2.24) is 0 Å². The minimum atomic E-state index is -0.427. The van der Waals surface area contributed by atoms with Crippen LogP contribution in [0.4, 0.5) is 13.2 Å². The van der Waals surface area contributed by atoms with Gasteiger partial charge in [-0.1, -0.05) is 44.0 Å². The van der Waals surface area contributed by atoms with Crippen molar-refractivity contribution in [2.75, 3.05) is 0 Å². The maximum absolute atomic E-state index is 14.8. The van der Waals surface area contributed by atoms with Crippen molar-refractivity contribution in [2.45, 2.75) is 64.2 Å². The number of hydrogen-bond acceptors (Lipinski definition) is 0. The highest BCUT2D eigenvalue weighted by molar-refractivity contribution is 5.83. The first-order valence-corrected chi connectivity index (χ1v) is 11.2. The smallest absolute Gasteiger partial charge is 0.129 e. The third kappa shape index (κ3) is 4.71. The first-order chi connectivity index (χ1) is 14.5. The number of aryl methyl sites for hydroxylation is 1. The Labute approximate surface area is 177 Å². The van der Waals surface area contributed by atoms with Crippen molar-refractivity contribution >= 4 is 10.8 Å². The lowest BCUT2D eigenvalue weighted by Gasteiger charge is -2.29. The van der Waals surface area contributed by atoms with Crippen LogP contribution in [0, 0.1) is 23.4 Å². The fourth-order valence-corrected chi connectivity index (χ4v) is 4.98. The lowest BCUT2D eigenvalue weighted by atomic mass is 9.77. The van der Waals surface area contributed by atoms with E-state index >= 15 is 0 Å². The Hall–Kier alpha value is -2.29. The summed E-state index contributed by atoms with van der Waals surface area (Å²) in [6.07, 6.45) is 7.71. The highest BCUT2D eigenvalue weighted by atomic mass is 19.1. The molecule has 0 spiro atoms. The Balaban J connectivity index is 1.44. The molecule has 0 heterocycles. The number of fused-ring (bicyclic) bond motifs is 1. The molecule has 0 atom stereocenters. The van der Waals surface area contributed by atoms with E-state index < -0.39 is 11.6 Å². The lowest BCUT2D eigenvalue weighted by molar-refractivity contribution is 0.307. The van der Waals surface area contributed by atoms with Crippen LogP contribution in [0.1, 0.15) is 68.1 Å². The normalized spacial score (nSPS) is 19.3. The first-order valence-electron chi connectivity index (χ1n) is 11.2. The molecule has 0 N–H and O–H groups in total. The van der Waals surface area contributed by atoms with Crippen LogP contribution in [0.2, 0.25) is 0 Å². The van der Waals surface area contributed by atoms with Crippen LogP contribution in [0.3, 0.4) is 0 Å². The van der Waals surface area contributed by atoms with Crippen LogP contribution in [-0.2, 0) is 12.8 Å². The van der Waals surface area contributed by atoms with Gasteiger partial charge < -0.3 is 0 Å². The molecule has 0 bridgehead atoms. The van der Waals surface area contributed by atoms with Crippen LogP contribution < -0.4 is 0 Å². The van der Waals surface area contributed by atoms with Crippen molar-refractivity contribution in [3.8, 4) is 0 Å². The fraction of sp³-hybridized carbons (Fsp3) is 0.407. The van der Waals surface area contributed by atoms with Crippen LogP contribution in [0.5, 0.6) is 0 Å². The zero-order valence-corrected chi connectivity index (χ0v) is 17.6. The monoisotopic (exact) mass is 410 g/mol. The third-order valence-corrected chi connectivity index (χ3v) is 6.71. The van der Waals surface area contributed by atoms with Gasteiger partial charge in [-0.25, -0.2) is 13.2 Å². The molecule has 3 aromatic carbocycles. The Kier molecular flexibility index (Phi) is 6.46. The Morgan fingerprint density at radius 2 is 1.43 bits per heavy atom. The molecule has 3 heteroatoms. The zero-order chi connectivity index (χ0) is 21.1. The second-order valence-corrected chi connectivity index (χ2v) is 8.80. The van der Waals surface area contributed by atoms with Gasteiger partial charge >= 0.3 is 0 Å². The summed E-state index contributed by atoms with van der Waals surface area (Å²) >= 11 is 0. The van der Waals surface area contributed by atoms with E-state index in [9.17, 15) is 13.2 Å². The molecule has 4 rings (SSSR count). The fourth-order valence-electron chi connectivity index (χ4n) is 4.98. The molecule has 3 aromatic rings. The minimum absolute atomic E-state index is 0.164. The van der Waals surface area contributed by atoms with Gasteiger partial charge in [-0.2, -0.15) is 0 Å². The van der Waals surface area contributed by atoms with Crippen molar-refractivity contribution in [2.24, 2.45) is 5.92 Å². The molecule has 0 amide bonds. The SMILES string of the molecule is CCCC1CCC(c2cc(F)c(CCc3ccc4cc(F)ccc4c3)c(F)c2)CC1. The summed E-state index contributed by atoms with van der Waals surface area (Å²) < 4.78 is 42.9. The van der Waals surface area contributed by atoms with E-state index in [0.717, 1.165) is 53.5 Å². The summed E-state index contributed by atoms with van der Waals surface area (Å²) in [4.78, 5) is 0. The second-order valence-electron chi connectivity index (χ2n) is 8.80. The molecule has 0 unspecified atom stereocenters. The number of rotatable bonds is 6. The highest BCUT2D eigenvalue weighted by Gasteiger charge is 2.23. The van der Waals surface area contributed by atoms with E-state index in [1.807, 2.05) is 18.2 Å². The average molecular weight is 411 g/mol. The molecule has 0 radical (unpaired) electrons. The van der Waals surface area contributed by atoms with E-state index in [4.69, 9.17) is 0 Å². The third-order valence-electron chi connectivity index (χ3n) is 6.71. The van der Waals surface area contributed by atoms with E-state index in [-0.39, 0.29) is 17.3 Å². The molecule has 1 fully saturated rings. The van der Waals surface area contributed by atoms with Gasteiger partial charge in [-0.15, -0.1) is 0 Å². The molecule has 1 saturated carbocycles. The maximum Gasteiger partial charge on any atom is 0.129 e. The summed E-state index contributed by atoms with van der Waals surface area (Å²) in [5.41, 5.74) is 1.97. The Morgan fingerprint density at radius 3 is 2.13 bits per heavy atom. The lowest BCUT2D eigenvalue weighted by Crippen LogP contribution is -2.14. The van der Waals surface area contributed by atoms with Crippen LogP contribution >= 0.6 is 0 Å². The standard InChI is InChI=1S/C27H29F3/c1-2-3-18-4-8-20(9-5-18)23-16-26(29)25(27(30)17-23)13-7-19-6-10-22-15-24(28)12-11-21(22)14-19/h6,10-12,14-18,20H,2-5,7-9,13H2,1H3. The summed E-state index contributed by atoms with van der Waals surface area (Å²) in [7, 11) is 0. The molecule has 0 nitrogen and oxygen atoms in total. The molecule has 30 heavy (non-hydrogen) atoms. The van der Waals surface area contributed by atoms with Gasteiger partial charge in [0.15, 0.2) is 0 Å². The Bertz CT molecular complexity index is 993. The van der Waals surface area contributed by atoms with E-state index in [1.165, 1.54) is 25.0 Å². The summed E-state index contributed by atoms with van der Waals surface area (Å²) in [5.74, 6) is -0.0684. The van der Waals surface area contributed by atoms with Gasteiger partial charge in [0, 0.05) is 5.56 Å². The van der Waals surface area contributed by atoms with Crippen molar-refractivity contribution in [3.05, 3.63) is 82.7 Å². The molecule has 0 aromatic heterocycles. The quantitative estimate of drug-likeness (QED) is 0.385. The molecular formula is C27H29F3. The second kappa shape index (κ2) is 9.24.